The zero-order chi connectivity index (χ0) is 22.3. The third kappa shape index (κ3) is 3.51. The summed E-state index contributed by atoms with van der Waals surface area (Å²) in [6.07, 6.45) is 5.34. The lowest BCUT2D eigenvalue weighted by molar-refractivity contribution is 0.0773. The number of aromatic amines is 1. The monoisotopic (exact) mass is 428 g/mol. The minimum atomic E-state index is -0.242. The van der Waals surface area contributed by atoms with Gasteiger partial charge in [-0.05, 0) is 56.3 Å². The molecule has 1 atom stereocenters. The lowest BCUT2D eigenvalue weighted by Gasteiger charge is -2.23. The number of hydrogen-bond donors (Lipinski definition) is 1. The summed E-state index contributed by atoms with van der Waals surface area (Å²) in [7, 11) is 2.14. The summed E-state index contributed by atoms with van der Waals surface area (Å²) in [5, 5.41) is 11.9. The van der Waals surface area contributed by atoms with Crippen LogP contribution in [0.5, 0.6) is 0 Å². The molecule has 2 aromatic heterocycles. The number of aromatic nitrogens is 3. The second kappa shape index (κ2) is 7.77. The van der Waals surface area contributed by atoms with E-state index in [1.54, 1.807) is 42.6 Å². The summed E-state index contributed by atoms with van der Waals surface area (Å²) < 4.78 is 1.35. The predicted octanol–water partition coefficient (Wildman–Crippen LogP) is 2.27. The van der Waals surface area contributed by atoms with E-state index in [4.69, 9.17) is 5.26 Å². The van der Waals surface area contributed by atoms with Crippen molar-refractivity contribution in [2.45, 2.75) is 12.8 Å². The summed E-state index contributed by atoms with van der Waals surface area (Å²) >= 11 is 0. The average Bonchev–Trinajstić information content (AvgIpc) is 3.52. The van der Waals surface area contributed by atoms with E-state index in [-0.39, 0.29) is 16.9 Å². The largest absolute Gasteiger partial charge is 0.338 e. The number of carbonyl (C=O) groups is 1. The van der Waals surface area contributed by atoms with E-state index in [1.807, 2.05) is 4.90 Å². The molecule has 8 heteroatoms. The highest BCUT2D eigenvalue weighted by Crippen LogP contribution is 2.39. The molecule has 0 radical (unpaired) electrons. The molecule has 2 aliphatic heterocycles. The van der Waals surface area contributed by atoms with Crippen molar-refractivity contribution in [3.05, 3.63) is 70.3 Å². The number of carbonyl (C=O) groups excluding carboxylic acids is 1. The average molecular weight is 428 g/mol. The predicted molar refractivity (Wildman–Crippen MR) is 119 cm³/mol. The van der Waals surface area contributed by atoms with Crippen LogP contribution in [0.1, 0.15) is 28.8 Å². The van der Waals surface area contributed by atoms with Crippen molar-refractivity contribution in [2.24, 2.45) is 5.41 Å². The lowest BCUT2D eigenvalue weighted by atomic mass is 9.86. The normalized spacial score (nSPS) is 20.7. The Kier molecular flexibility index (Phi) is 4.91. The van der Waals surface area contributed by atoms with Gasteiger partial charge >= 0.3 is 0 Å². The number of pyridine rings is 1. The smallest absolute Gasteiger partial charge is 0.280 e. The highest BCUT2D eigenvalue weighted by Gasteiger charge is 2.43. The molecule has 0 aliphatic carbocycles. The fraction of sp³-hybridized carbons (Fsp3) is 0.333. The Morgan fingerprint density at radius 2 is 1.91 bits per heavy atom. The van der Waals surface area contributed by atoms with Crippen LogP contribution in [0.25, 0.3) is 16.9 Å². The molecule has 5 rings (SSSR count). The highest BCUT2D eigenvalue weighted by molar-refractivity contribution is 5.94. The first-order chi connectivity index (χ1) is 15.5. The number of H-pyrrole nitrogens is 1. The third-order valence-electron chi connectivity index (χ3n) is 6.68. The van der Waals surface area contributed by atoms with Crippen molar-refractivity contribution in [2.75, 3.05) is 33.2 Å². The van der Waals surface area contributed by atoms with Crippen LogP contribution >= 0.6 is 0 Å². The van der Waals surface area contributed by atoms with Crippen LogP contribution < -0.4 is 5.56 Å². The summed E-state index contributed by atoms with van der Waals surface area (Å²) in [6, 6.07) is 12.3. The second-order valence-electron chi connectivity index (χ2n) is 8.89. The number of amides is 1. The van der Waals surface area contributed by atoms with Crippen LogP contribution in [0.4, 0.5) is 0 Å². The molecule has 2 saturated heterocycles. The minimum Gasteiger partial charge on any atom is -0.338 e. The van der Waals surface area contributed by atoms with Gasteiger partial charge in [-0.15, -0.1) is 0 Å². The van der Waals surface area contributed by atoms with Crippen molar-refractivity contribution >= 4 is 5.91 Å². The van der Waals surface area contributed by atoms with Gasteiger partial charge in [0.05, 0.1) is 22.8 Å². The van der Waals surface area contributed by atoms with Crippen molar-refractivity contribution < 1.29 is 4.79 Å². The Balaban J connectivity index is 1.33. The molecule has 1 N–H and O–H groups in total. The van der Waals surface area contributed by atoms with Crippen molar-refractivity contribution in [3.8, 4) is 23.0 Å². The molecule has 8 nitrogen and oxygen atoms in total. The van der Waals surface area contributed by atoms with Gasteiger partial charge in [-0.3, -0.25) is 14.7 Å². The van der Waals surface area contributed by atoms with E-state index >= 15 is 0 Å². The molecule has 1 spiro atoms. The number of benzene rings is 1. The van der Waals surface area contributed by atoms with E-state index in [0.717, 1.165) is 44.6 Å². The van der Waals surface area contributed by atoms with Crippen LogP contribution in [0.15, 0.2) is 53.6 Å². The molecule has 4 heterocycles. The van der Waals surface area contributed by atoms with Gasteiger partial charge < -0.3 is 9.80 Å². The Morgan fingerprint density at radius 3 is 2.56 bits per heavy atom. The topological polar surface area (TPSA) is 98.0 Å². The van der Waals surface area contributed by atoms with Crippen LogP contribution in [0.3, 0.4) is 0 Å². The summed E-state index contributed by atoms with van der Waals surface area (Å²) in [5.74, 6) is 0.411. The zero-order valence-electron chi connectivity index (χ0n) is 17.9. The fourth-order valence-corrected chi connectivity index (χ4v) is 4.90. The fourth-order valence-electron chi connectivity index (χ4n) is 4.90. The van der Waals surface area contributed by atoms with Crippen LogP contribution in [-0.2, 0) is 0 Å². The highest BCUT2D eigenvalue weighted by atomic mass is 16.2. The summed E-state index contributed by atoms with van der Waals surface area (Å²) in [6.45, 7) is 3.71. The van der Waals surface area contributed by atoms with E-state index in [2.05, 4.69) is 28.1 Å². The van der Waals surface area contributed by atoms with Gasteiger partial charge in [0, 0.05) is 37.4 Å². The molecule has 3 aromatic rings. The zero-order valence-corrected chi connectivity index (χ0v) is 17.9. The quantitative estimate of drug-likeness (QED) is 0.690. The maximum Gasteiger partial charge on any atom is 0.280 e. The molecular formula is C24H24N6O2. The van der Waals surface area contributed by atoms with Gasteiger partial charge in [0.1, 0.15) is 0 Å². The molecule has 1 unspecified atom stereocenters. The summed E-state index contributed by atoms with van der Waals surface area (Å²) in [5.41, 5.74) is 2.27. The Bertz CT molecular complexity index is 1250. The molecule has 1 aromatic carbocycles. The van der Waals surface area contributed by atoms with Gasteiger partial charge in [-0.25, -0.2) is 9.67 Å². The van der Waals surface area contributed by atoms with Crippen molar-refractivity contribution in [1.29, 1.82) is 5.26 Å². The number of hydrogen-bond acceptors (Lipinski definition) is 5. The van der Waals surface area contributed by atoms with E-state index < -0.39 is 0 Å². The standard InChI is InChI=1S/C24H24N6O2/c1-28-10-8-24(15-28)9-11-29(16-24)22(31)19-6-7-21(26-13-19)30-23(32)20(14-27-30)18-4-2-17(12-25)3-5-18/h2-7,13-14,27H,8-11,15-16H2,1H3. The van der Waals surface area contributed by atoms with Crippen LogP contribution in [0, 0.1) is 16.7 Å². The van der Waals surface area contributed by atoms with Crippen molar-refractivity contribution in [3.63, 3.8) is 0 Å². The SMILES string of the molecule is CN1CCC2(CCN(C(=O)c3ccc(-n4[nH]cc(-c5ccc(C#N)cc5)c4=O)nc3)C2)C1. The summed E-state index contributed by atoms with van der Waals surface area (Å²) in [4.78, 5) is 34.5. The molecule has 32 heavy (non-hydrogen) atoms. The molecule has 1 amide bonds. The first-order valence-corrected chi connectivity index (χ1v) is 10.7. The molecule has 2 aliphatic rings. The lowest BCUT2D eigenvalue weighted by Crippen LogP contribution is -2.33. The number of nitrogens with zero attached hydrogens (tertiary/aromatic N) is 5. The van der Waals surface area contributed by atoms with Gasteiger partial charge in [0.15, 0.2) is 5.82 Å². The molecule has 2 fully saturated rings. The number of nitriles is 1. The Labute approximate surface area is 185 Å². The van der Waals surface area contributed by atoms with Gasteiger partial charge in [0.2, 0.25) is 0 Å². The molecule has 162 valence electrons. The first-order valence-electron chi connectivity index (χ1n) is 10.7. The molecule has 0 saturated carbocycles. The third-order valence-corrected chi connectivity index (χ3v) is 6.68. The molecular weight excluding hydrogens is 404 g/mol. The Morgan fingerprint density at radius 1 is 1.12 bits per heavy atom. The molecule has 0 bridgehead atoms. The maximum absolute atomic E-state index is 13.0. The number of nitrogens with one attached hydrogen (secondary N) is 1. The maximum atomic E-state index is 13.0. The first kappa shape index (κ1) is 20.2. The Hall–Kier alpha value is -3.70. The second-order valence-corrected chi connectivity index (χ2v) is 8.89. The van der Waals surface area contributed by atoms with Crippen LogP contribution in [-0.4, -0.2) is 63.7 Å². The van der Waals surface area contributed by atoms with Gasteiger partial charge in [-0.1, -0.05) is 12.1 Å². The van der Waals surface area contributed by atoms with Crippen molar-refractivity contribution in [1.82, 2.24) is 24.6 Å². The van der Waals surface area contributed by atoms with E-state index in [1.165, 1.54) is 10.9 Å². The van der Waals surface area contributed by atoms with Crippen LogP contribution in [0.2, 0.25) is 0 Å². The number of likely N-dealkylation sites (tertiary alicyclic amines) is 2. The minimum absolute atomic E-state index is 0.00687. The van der Waals surface area contributed by atoms with E-state index in [9.17, 15) is 9.59 Å². The van der Waals surface area contributed by atoms with Gasteiger partial charge in [-0.2, -0.15) is 5.26 Å². The van der Waals surface area contributed by atoms with Gasteiger partial charge in [0.25, 0.3) is 11.5 Å². The number of rotatable bonds is 3. The van der Waals surface area contributed by atoms with E-state index in [0.29, 0.717) is 22.5 Å².